The molecule has 0 saturated carbocycles. The molecule has 102 valence electrons. The Morgan fingerprint density at radius 1 is 1.32 bits per heavy atom. The number of carboxylic acids is 1. The maximum atomic E-state index is 11.6. The van der Waals surface area contributed by atoms with Gasteiger partial charge in [0.1, 0.15) is 19.3 Å². The number of ether oxygens (including phenoxy) is 2. The average Bonchev–Trinajstić information content (AvgIpc) is 2.38. The van der Waals surface area contributed by atoms with Crippen molar-refractivity contribution in [2.24, 2.45) is 0 Å². The van der Waals surface area contributed by atoms with Crippen molar-refractivity contribution in [1.82, 2.24) is 5.32 Å². The first kappa shape index (κ1) is 13.2. The molecule has 19 heavy (non-hydrogen) atoms. The number of carboxylic acid groups (broad SMARTS) is 1. The van der Waals surface area contributed by atoms with Crippen molar-refractivity contribution in [3.8, 4) is 11.5 Å². The van der Waals surface area contributed by atoms with Gasteiger partial charge in [-0.05, 0) is 24.6 Å². The van der Waals surface area contributed by atoms with Crippen LogP contribution >= 0.6 is 0 Å². The SMILES string of the molecule is C[C@H](NC(=O)Cc1ccc2c(c1)OCCO2)C(=O)O. The Hall–Kier alpha value is -2.24. The standard InChI is InChI=1S/C13H15NO5/c1-8(13(16)17)14-12(15)7-9-2-3-10-11(6-9)19-5-4-18-10/h2-3,6,8H,4-5,7H2,1H3,(H,14,15)(H,16,17)/t8-/m0/s1. The van der Waals surface area contributed by atoms with Crippen molar-refractivity contribution >= 4 is 11.9 Å². The fourth-order valence-corrected chi connectivity index (χ4v) is 1.74. The molecule has 2 N–H and O–H groups in total. The Kier molecular flexibility index (Phi) is 3.89. The smallest absolute Gasteiger partial charge is 0.325 e. The lowest BCUT2D eigenvalue weighted by Gasteiger charge is -2.18. The molecule has 6 nitrogen and oxygen atoms in total. The van der Waals surface area contributed by atoms with Gasteiger partial charge in [0.05, 0.1) is 6.42 Å². The van der Waals surface area contributed by atoms with Crippen LogP contribution in [0.25, 0.3) is 0 Å². The van der Waals surface area contributed by atoms with Gasteiger partial charge in [0, 0.05) is 0 Å². The van der Waals surface area contributed by atoms with E-state index in [1.165, 1.54) is 6.92 Å². The summed E-state index contributed by atoms with van der Waals surface area (Å²) < 4.78 is 10.8. The molecule has 0 fully saturated rings. The zero-order chi connectivity index (χ0) is 13.8. The minimum Gasteiger partial charge on any atom is -0.486 e. The topological polar surface area (TPSA) is 84.9 Å². The van der Waals surface area contributed by atoms with E-state index in [0.29, 0.717) is 24.7 Å². The monoisotopic (exact) mass is 265 g/mol. The highest BCUT2D eigenvalue weighted by Crippen LogP contribution is 2.30. The summed E-state index contributed by atoms with van der Waals surface area (Å²) in [6.45, 7) is 2.42. The van der Waals surface area contributed by atoms with Gasteiger partial charge in [0.2, 0.25) is 5.91 Å². The number of hydrogen-bond acceptors (Lipinski definition) is 4. The van der Waals surface area contributed by atoms with Gasteiger partial charge >= 0.3 is 5.97 Å². The summed E-state index contributed by atoms with van der Waals surface area (Å²) in [7, 11) is 0. The molecule has 2 rings (SSSR count). The Morgan fingerprint density at radius 3 is 2.68 bits per heavy atom. The molecule has 0 bridgehead atoms. The number of hydrogen-bond donors (Lipinski definition) is 2. The summed E-state index contributed by atoms with van der Waals surface area (Å²) in [4.78, 5) is 22.3. The lowest BCUT2D eigenvalue weighted by Crippen LogP contribution is -2.39. The van der Waals surface area contributed by atoms with Crippen LogP contribution < -0.4 is 14.8 Å². The molecule has 1 aliphatic rings. The first-order valence-electron chi connectivity index (χ1n) is 5.97. The molecular formula is C13H15NO5. The normalized spacial score (nSPS) is 14.6. The third-order valence-electron chi connectivity index (χ3n) is 2.72. The zero-order valence-corrected chi connectivity index (χ0v) is 10.5. The fourth-order valence-electron chi connectivity index (χ4n) is 1.74. The number of nitrogens with one attached hydrogen (secondary N) is 1. The maximum Gasteiger partial charge on any atom is 0.325 e. The number of amides is 1. The van der Waals surface area contributed by atoms with Gasteiger partial charge in [-0.1, -0.05) is 6.07 Å². The van der Waals surface area contributed by atoms with E-state index in [-0.39, 0.29) is 12.3 Å². The second-order valence-corrected chi connectivity index (χ2v) is 4.28. The highest BCUT2D eigenvalue weighted by molar-refractivity contribution is 5.84. The third kappa shape index (κ3) is 3.37. The fraction of sp³-hybridized carbons (Fsp3) is 0.385. The van der Waals surface area contributed by atoms with E-state index in [4.69, 9.17) is 14.6 Å². The molecule has 1 heterocycles. The van der Waals surface area contributed by atoms with E-state index in [2.05, 4.69) is 5.32 Å². The molecule has 0 saturated heterocycles. The molecule has 0 unspecified atom stereocenters. The van der Waals surface area contributed by atoms with Gasteiger partial charge in [0.25, 0.3) is 0 Å². The number of fused-ring (bicyclic) bond motifs is 1. The van der Waals surface area contributed by atoms with Crippen molar-refractivity contribution in [3.63, 3.8) is 0 Å². The highest BCUT2D eigenvalue weighted by atomic mass is 16.6. The van der Waals surface area contributed by atoms with Crippen LogP contribution in [0.1, 0.15) is 12.5 Å². The molecule has 1 amide bonds. The van der Waals surface area contributed by atoms with Gasteiger partial charge in [-0.15, -0.1) is 0 Å². The zero-order valence-electron chi connectivity index (χ0n) is 10.5. The van der Waals surface area contributed by atoms with E-state index in [9.17, 15) is 9.59 Å². The summed E-state index contributed by atoms with van der Waals surface area (Å²) >= 11 is 0. The predicted molar refractivity (Wildman–Crippen MR) is 66.4 cm³/mol. The van der Waals surface area contributed by atoms with Crippen molar-refractivity contribution < 1.29 is 24.2 Å². The molecule has 0 aromatic heterocycles. The predicted octanol–water partition coefficient (Wildman–Crippen LogP) is 0.590. The molecule has 1 aliphatic heterocycles. The van der Waals surface area contributed by atoms with Gasteiger partial charge in [-0.3, -0.25) is 9.59 Å². The number of rotatable bonds is 4. The minimum absolute atomic E-state index is 0.105. The van der Waals surface area contributed by atoms with E-state index < -0.39 is 12.0 Å². The summed E-state index contributed by atoms with van der Waals surface area (Å²) in [5, 5.41) is 11.1. The summed E-state index contributed by atoms with van der Waals surface area (Å²) in [5.41, 5.74) is 0.749. The first-order chi connectivity index (χ1) is 9.06. The number of carbonyl (C=O) groups excluding carboxylic acids is 1. The largest absolute Gasteiger partial charge is 0.486 e. The Morgan fingerprint density at radius 2 is 2.00 bits per heavy atom. The molecule has 0 radical (unpaired) electrons. The lowest BCUT2D eigenvalue weighted by atomic mass is 10.1. The van der Waals surface area contributed by atoms with E-state index in [1.54, 1.807) is 18.2 Å². The maximum absolute atomic E-state index is 11.6. The molecular weight excluding hydrogens is 250 g/mol. The first-order valence-corrected chi connectivity index (χ1v) is 5.97. The van der Waals surface area contributed by atoms with Crippen LogP contribution in [0.4, 0.5) is 0 Å². The highest BCUT2D eigenvalue weighted by Gasteiger charge is 2.16. The van der Waals surface area contributed by atoms with Gasteiger partial charge in [-0.25, -0.2) is 0 Å². The Balaban J connectivity index is 1.99. The van der Waals surface area contributed by atoms with Crippen molar-refractivity contribution in [2.75, 3.05) is 13.2 Å². The van der Waals surface area contributed by atoms with Crippen LogP contribution in [-0.2, 0) is 16.0 Å². The molecule has 6 heteroatoms. The van der Waals surface area contributed by atoms with Crippen LogP contribution in [-0.4, -0.2) is 36.2 Å². The summed E-state index contributed by atoms with van der Waals surface area (Å²) in [5.74, 6) is -0.126. The van der Waals surface area contributed by atoms with Gasteiger partial charge in [-0.2, -0.15) is 0 Å². The quantitative estimate of drug-likeness (QED) is 0.832. The van der Waals surface area contributed by atoms with Crippen LogP contribution in [0.2, 0.25) is 0 Å². The van der Waals surface area contributed by atoms with E-state index >= 15 is 0 Å². The van der Waals surface area contributed by atoms with Crippen molar-refractivity contribution in [2.45, 2.75) is 19.4 Å². The number of carbonyl (C=O) groups is 2. The second kappa shape index (κ2) is 5.60. The van der Waals surface area contributed by atoms with E-state index in [0.717, 1.165) is 5.56 Å². The van der Waals surface area contributed by atoms with Crippen LogP contribution in [0.15, 0.2) is 18.2 Å². The molecule has 1 atom stereocenters. The third-order valence-corrected chi connectivity index (χ3v) is 2.72. The molecule has 0 aliphatic carbocycles. The average molecular weight is 265 g/mol. The summed E-state index contributed by atoms with van der Waals surface area (Å²) in [6.07, 6.45) is 0.105. The Labute approximate surface area is 110 Å². The summed E-state index contributed by atoms with van der Waals surface area (Å²) in [6, 6.07) is 4.35. The van der Waals surface area contributed by atoms with Gasteiger partial charge < -0.3 is 19.9 Å². The van der Waals surface area contributed by atoms with Crippen LogP contribution in [0.3, 0.4) is 0 Å². The molecule has 1 aromatic carbocycles. The number of benzene rings is 1. The lowest BCUT2D eigenvalue weighted by molar-refractivity contribution is -0.141. The van der Waals surface area contributed by atoms with Crippen molar-refractivity contribution in [1.29, 1.82) is 0 Å². The second-order valence-electron chi connectivity index (χ2n) is 4.28. The van der Waals surface area contributed by atoms with Crippen LogP contribution in [0, 0.1) is 0 Å². The van der Waals surface area contributed by atoms with Gasteiger partial charge in [0.15, 0.2) is 11.5 Å². The van der Waals surface area contributed by atoms with Crippen molar-refractivity contribution in [3.05, 3.63) is 23.8 Å². The molecule has 0 spiro atoms. The molecule has 1 aromatic rings. The minimum atomic E-state index is -1.06. The van der Waals surface area contributed by atoms with Crippen LogP contribution in [0.5, 0.6) is 11.5 Å². The Bertz CT molecular complexity index is 500. The number of aliphatic carboxylic acids is 1. The van der Waals surface area contributed by atoms with E-state index in [1.807, 2.05) is 0 Å².